The Morgan fingerprint density at radius 2 is 1.78 bits per heavy atom. The quantitative estimate of drug-likeness (QED) is 0.417. The van der Waals surface area contributed by atoms with E-state index in [0.29, 0.717) is 11.1 Å². The number of hydrogen-bond donors (Lipinski definition) is 1. The summed E-state index contributed by atoms with van der Waals surface area (Å²) in [5.41, 5.74) is 2.77. The van der Waals surface area contributed by atoms with E-state index in [1.165, 1.54) is 0 Å². The molecule has 0 atom stereocenters. The van der Waals surface area contributed by atoms with Gasteiger partial charge in [-0.25, -0.2) is 0 Å². The Morgan fingerprint density at radius 3 is 2.44 bits per heavy atom. The lowest BCUT2D eigenvalue weighted by Crippen LogP contribution is -2.45. The van der Waals surface area contributed by atoms with Crippen LogP contribution in [0.15, 0.2) is 60.8 Å². The van der Waals surface area contributed by atoms with Crippen LogP contribution in [0.3, 0.4) is 0 Å². The smallest absolute Gasteiger partial charge is 0.345 e. The second-order valence-electron chi connectivity index (χ2n) is 8.76. The van der Waals surface area contributed by atoms with Gasteiger partial charge in [0.25, 0.3) is 5.91 Å². The number of carbonyl (C=O) groups is 1. The summed E-state index contributed by atoms with van der Waals surface area (Å²) in [6.07, 6.45) is 3.28. The lowest BCUT2D eigenvalue weighted by molar-refractivity contribution is -0.137. The van der Waals surface area contributed by atoms with Gasteiger partial charge in [0.15, 0.2) is 5.82 Å². The number of aryl methyl sites for hydroxylation is 1. The number of benzene rings is 2. The van der Waals surface area contributed by atoms with E-state index in [1.807, 2.05) is 31.3 Å². The van der Waals surface area contributed by atoms with Gasteiger partial charge in [0.2, 0.25) is 0 Å². The molecule has 1 fully saturated rings. The fourth-order valence-electron chi connectivity index (χ4n) is 4.53. The molecule has 1 amide bonds. The number of alkyl halides is 2. The van der Waals surface area contributed by atoms with Gasteiger partial charge in [0.05, 0.1) is 12.3 Å². The fraction of sp³-hybridized carbons (Fsp3) is 0.308. The van der Waals surface area contributed by atoms with Crippen LogP contribution >= 0.6 is 0 Å². The second kappa shape index (κ2) is 10.4. The maximum atomic E-state index is 12.7. The highest BCUT2D eigenvalue weighted by Crippen LogP contribution is 2.32. The molecule has 1 aliphatic heterocycles. The number of fused-ring (bicyclic) bond motifs is 1. The van der Waals surface area contributed by atoms with Crippen LogP contribution in [0, 0.1) is 0 Å². The van der Waals surface area contributed by atoms with Gasteiger partial charge in [-0.05, 0) is 36.6 Å². The molecule has 2 aromatic heterocycles. The number of ether oxygens (including phenoxy) is 1. The number of nitrogens with one attached hydrogen (secondary N) is 1. The molecule has 1 N–H and O–H groups in total. The summed E-state index contributed by atoms with van der Waals surface area (Å²) < 4.78 is 30.5. The first-order valence-corrected chi connectivity index (χ1v) is 11.8. The molecule has 0 bridgehead atoms. The molecule has 0 saturated carbocycles. The Morgan fingerprint density at radius 1 is 1.06 bits per heavy atom. The Labute approximate surface area is 206 Å². The maximum Gasteiger partial charge on any atom is 0.345 e. The van der Waals surface area contributed by atoms with Crippen LogP contribution in [0.1, 0.15) is 28.8 Å². The number of anilines is 1. The molecule has 3 heterocycles. The van der Waals surface area contributed by atoms with E-state index in [0.717, 1.165) is 53.9 Å². The Bertz CT molecular complexity index is 1350. The average molecular weight is 493 g/mol. The van der Waals surface area contributed by atoms with Crippen molar-refractivity contribution in [2.24, 2.45) is 7.05 Å². The molecule has 10 heteroatoms. The molecule has 0 unspecified atom stereocenters. The minimum Gasteiger partial charge on any atom is -0.354 e. The Kier molecular flexibility index (Phi) is 6.86. The van der Waals surface area contributed by atoms with Crippen molar-refractivity contribution in [1.29, 1.82) is 0 Å². The summed E-state index contributed by atoms with van der Waals surface area (Å²) in [7, 11) is 1.88. The van der Waals surface area contributed by atoms with Gasteiger partial charge in [0, 0.05) is 48.7 Å². The number of amides is 1. The van der Waals surface area contributed by atoms with Crippen molar-refractivity contribution in [2.75, 3.05) is 18.0 Å². The highest BCUT2D eigenvalue weighted by Gasteiger charge is 2.24. The number of carbonyl (C=O) groups excluding carboxylic acids is 1. The van der Waals surface area contributed by atoms with Gasteiger partial charge in [-0.2, -0.15) is 13.9 Å². The van der Waals surface area contributed by atoms with Crippen LogP contribution in [0.25, 0.3) is 22.2 Å². The van der Waals surface area contributed by atoms with E-state index in [1.54, 1.807) is 35.1 Å². The summed E-state index contributed by atoms with van der Waals surface area (Å²) in [4.78, 5) is 14.9. The monoisotopic (exact) mass is 492 g/mol. The molecule has 4 aromatic rings. The molecule has 36 heavy (non-hydrogen) atoms. The van der Waals surface area contributed by atoms with Gasteiger partial charge in [-0.3, -0.25) is 9.48 Å². The molecule has 0 spiro atoms. The van der Waals surface area contributed by atoms with Crippen molar-refractivity contribution in [3.8, 4) is 11.4 Å². The minimum atomic E-state index is -2.82. The zero-order valence-corrected chi connectivity index (χ0v) is 19.8. The fourth-order valence-corrected chi connectivity index (χ4v) is 4.53. The predicted molar refractivity (Wildman–Crippen MR) is 132 cm³/mol. The van der Waals surface area contributed by atoms with Gasteiger partial charge >= 0.3 is 6.61 Å². The number of halogens is 2. The summed E-state index contributed by atoms with van der Waals surface area (Å²) in [6.45, 7) is -1.54. The first-order valence-electron chi connectivity index (χ1n) is 11.8. The van der Waals surface area contributed by atoms with Gasteiger partial charge < -0.3 is 15.0 Å². The molecule has 2 aromatic carbocycles. The molecule has 1 aliphatic rings. The summed E-state index contributed by atoms with van der Waals surface area (Å²) in [5.74, 6) is 0.656. The molecule has 0 radical (unpaired) electrons. The second-order valence-corrected chi connectivity index (χ2v) is 8.76. The van der Waals surface area contributed by atoms with E-state index < -0.39 is 6.61 Å². The molecule has 186 valence electrons. The van der Waals surface area contributed by atoms with Crippen molar-refractivity contribution in [1.82, 2.24) is 25.3 Å². The van der Waals surface area contributed by atoms with Crippen LogP contribution in [0.2, 0.25) is 0 Å². The summed E-state index contributed by atoms with van der Waals surface area (Å²) in [6, 6.07) is 16.6. The molecule has 5 rings (SSSR count). The SMILES string of the molecule is Cn1nccc1-c1nnc(N2CCC(NC(=O)c3ccc(COC(F)F)cc3)CC2)c2ccccc12. The molecular formula is C26H26F2N6O2. The van der Waals surface area contributed by atoms with Crippen molar-refractivity contribution in [3.05, 3.63) is 71.9 Å². The van der Waals surface area contributed by atoms with E-state index in [2.05, 4.69) is 36.3 Å². The van der Waals surface area contributed by atoms with E-state index in [9.17, 15) is 13.6 Å². The highest BCUT2D eigenvalue weighted by molar-refractivity contribution is 5.99. The number of piperidine rings is 1. The van der Waals surface area contributed by atoms with Crippen molar-refractivity contribution < 1.29 is 18.3 Å². The van der Waals surface area contributed by atoms with E-state index in [-0.39, 0.29) is 18.6 Å². The minimum absolute atomic E-state index is 0.0310. The number of aromatic nitrogens is 4. The zero-order chi connectivity index (χ0) is 25.1. The van der Waals surface area contributed by atoms with E-state index in [4.69, 9.17) is 0 Å². The normalized spacial score (nSPS) is 14.5. The summed E-state index contributed by atoms with van der Waals surface area (Å²) in [5, 5.41) is 18.5. The third-order valence-corrected chi connectivity index (χ3v) is 6.45. The van der Waals surface area contributed by atoms with E-state index >= 15 is 0 Å². The molecule has 8 nitrogen and oxygen atoms in total. The Hall–Kier alpha value is -3.92. The number of hydrogen-bond acceptors (Lipinski definition) is 6. The first-order chi connectivity index (χ1) is 17.5. The summed E-state index contributed by atoms with van der Waals surface area (Å²) >= 11 is 0. The Balaban J connectivity index is 1.24. The number of nitrogens with zero attached hydrogens (tertiary/aromatic N) is 5. The molecule has 1 saturated heterocycles. The third-order valence-electron chi connectivity index (χ3n) is 6.45. The standard InChI is InChI=1S/C26H26F2N6O2/c1-33-22(10-13-29-33)23-20-4-2-3-5-21(20)24(32-31-23)34-14-11-19(12-15-34)30-25(35)18-8-6-17(7-9-18)16-36-26(27)28/h2-10,13,19,26H,11-12,14-16H2,1H3,(H,30,35). The van der Waals surface area contributed by atoms with Crippen LogP contribution in [0.4, 0.5) is 14.6 Å². The largest absolute Gasteiger partial charge is 0.354 e. The highest BCUT2D eigenvalue weighted by atomic mass is 19.3. The van der Waals surface area contributed by atoms with Crippen LogP contribution in [-0.2, 0) is 18.4 Å². The predicted octanol–water partition coefficient (Wildman–Crippen LogP) is 4.17. The topological polar surface area (TPSA) is 85.2 Å². The zero-order valence-electron chi connectivity index (χ0n) is 19.8. The maximum absolute atomic E-state index is 12.7. The number of rotatable bonds is 7. The van der Waals surface area contributed by atoms with Crippen molar-refractivity contribution >= 4 is 22.5 Å². The van der Waals surface area contributed by atoms with Gasteiger partial charge in [-0.1, -0.05) is 36.4 Å². The average Bonchev–Trinajstić information content (AvgIpc) is 3.33. The lowest BCUT2D eigenvalue weighted by atomic mass is 10.0. The van der Waals surface area contributed by atoms with Gasteiger partial charge in [0.1, 0.15) is 5.69 Å². The van der Waals surface area contributed by atoms with Crippen LogP contribution in [-0.4, -0.2) is 51.6 Å². The molecular weight excluding hydrogens is 466 g/mol. The van der Waals surface area contributed by atoms with Crippen molar-refractivity contribution in [2.45, 2.75) is 32.1 Å². The van der Waals surface area contributed by atoms with Gasteiger partial charge in [-0.15, -0.1) is 10.2 Å². The lowest BCUT2D eigenvalue weighted by Gasteiger charge is -2.33. The van der Waals surface area contributed by atoms with Crippen LogP contribution in [0.5, 0.6) is 0 Å². The van der Waals surface area contributed by atoms with Crippen molar-refractivity contribution in [3.63, 3.8) is 0 Å². The van der Waals surface area contributed by atoms with Crippen LogP contribution < -0.4 is 10.2 Å². The third kappa shape index (κ3) is 5.03. The first kappa shape index (κ1) is 23.8. The molecule has 0 aliphatic carbocycles.